The molecule has 0 unspecified atom stereocenters. The Kier molecular flexibility index (Phi) is 6.22. The van der Waals surface area contributed by atoms with Gasteiger partial charge < -0.3 is 9.13 Å². The molecule has 0 aliphatic heterocycles. The Balaban J connectivity index is 1.14. The minimum atomic E-state index is 0.622. The van der Waals surface area contributed by atoms with Gasteiger partial charge in [0.25, 0.3) is 0 Å². The molecular weight excluding hydrogens is 585 g/mol. The zero-order valence-electron chi connectivity index (χ0n) is 25.8. The molecular formula is C44H26N4. The van der Waals surface area contributed by atoms with Crippen molar-refractivity contribution in [1.29, 1.82) is 10.5 Å². The molecule has 0 bridgehead atoms. The molecule has 9 rings (SSSR count). The Labute approximate surface area is 277 Å². The van der Waals surface area contributed by atoms with Gasteiger partial charge in [0.2, 0.25) is 0 Å². The van der Waals surface area contributed by atoms with Gasteiger partial charge in [-0.3, -0.25) is 0 Å². The van der Waals surface area contributed by atoms with Crippen molar-refractivity contribution in [2.75, 3.05) is 0 Å². The maximum Gasteiger partial charge on any atom is 0.0998 e. The number of benzene rings is 7. The minimum absolute atomic E-state index is 0.622. The van der Waals surface area contributed by atoms with Crippen LogP contribution in [0, 0.1) is 22.7 Å². The van der Waals surface area contributed by atoms with E-state index in [1.54, 1.807) is 0 Å². The number of hydrogen-bond acceptors (Lipinski definition) is 2. The van der Waals surface area contributed by atoms with Crippen molar-refractivity contribution in [2.45, 2.75) is 0 Å². The molecule has 0 saturated heterocycles. The van der Waals surface area contributed by atoms with Crippen LogP contribution in [-0.4, -0.2) is 9.13 Å². The second-order valence-corrected chi connectivity index (χ2v) is 12.0. The summed E-state index contributed by atoms with van der Waals surface area (Å²) in [7, 11) is 0. The normalized spacial score (nSPS) is 11.3. The van der Waals surface area contributed by atoms with Crippen molar-refractivity contribution < 1.29 is 0 Å². The molecule has 0 aliphatic rings. The van der Waals surface area contributed by atoms with E-state index in [4.69, 9.17) is 0 Å². The van der Waals surface area contributed by atoms with Crippen molar-refractivity contribution in [1.82, 2.24) is 9.13 Å². The zero-order valence-corrected chi connectivity index (χ0v) is 25.8. The second-order valence-electron chi connectivity index (χ2n) is 12.0. The van der Waals surface area contributed by atoms with E-state index in [1.807, 2.05) is 42.5 Å². The second kappa shape index (κ2) is 10.9. The highest BCUT2D eigenvalue weighted by Crippen LogP contribution is 2.38. The Morgan fingerprint density at radius 1 is 0.396 bits per heavy atom. The van der Waals surface area contributed by atoms with Crippen molar-refractivity contribution in [3.63, 3.8) is 0 Å². The van der Waals surface area contributed by atoms with E-state index >= 15 is 0 Å². The van der Waals surface area contributed by atoms with Gasteiger partial charge in [-0.2, -0.15) is 10.5 Å². The third kappa shape index (κ3) is 4.14. The number of fused-ring (bicyclic) bond motifs is 6. The van der Waals surface area contributed by atoms with Crippen LogP contribution in [0.5, 0.6) is 0 Å². The van der Waals surface area contributed by atoms with Crippen LogP contribution in [0.25, 0.3) is 77.2 Å². The van der Waals surface area contributed by atoms with Crippen LogP contribution < -0.4 is 0 Å². The molecule has 0 atom stereocenters. The van der Waals surface area contributed by atoms with E-state index in [1.165, 1.54) is 10.8 Å². The average Bonchev–Trinajstić information content (AvgIpc) is 3.67. The summed E-state index contributed by atoms with van der Waals surface area (Å²) >= 11 is 0. The minimum Gasteiger partial charge on any atom is -0.309 e. The molecule has 0 spiro atoms. The Hall–Kier alpha value is -6.88. The highest BCUT2D eigenvalue weighted by atomic mass is 15.0. The van der Waals surface area contributed by atoms with Gasteiger partial charge in [0, 0.05) is 38.4 Å². The van der Waals surface area contributed by atoms with Gasteiger partial charge in [0.05, 0.1) is 51.0 Å². The molecule has 0 fully saturated rings. The Morgan fingerprint density at radius 2 is 0.958 bits per heavy atom. The molecule has 222 valence electrons. The molecule has 2 heterocycles. The quantitative estimate of drug-likeness (QED) is 0.199. The Morgan fingerprint density at radius 3 is 1.60 bits per heavy atom. The summed E-state index contributed by atoms with van der Waals surface area (Å²) in [6.07, 6.45) is 0. The molecule has 0 aliphatic carbocycles. The molecule has 2 aromatic heterocycles. The molecule has 0 amide bonds. The smallest absolute Gasteiger partial charge is 0.0998 e. The fourth-order valence-corrected chi connectivity index (χ4v) is 7.25. The van der Waals surface area contributed by atoms with Crippen molar-refractivity contribution in [3.8, 4) is 45.8 Å². The predicted molar refractivity (Wildman–Crippen MR) is 195 cm³/mol. The summed E-state index contributed by atoms with van der Waals surface area (Å²) in [4.78, 5) is 0. The van der Waals surface area contributed by atoms with Crippen molar-refractivity contribution in [3.05, 3.63) is 169 Å². The van der Waals surface area contributed by atoms with E-state index in [9.17, 15) is 10.5 Å². The van der Waals surface area contributed by atoms with Gasteiger partial charge in [0.1, 0.15) is 0 Å². The lowest BCUT2D eigenvalue weighted by Gasteiger charge is -2.16. The van der Waals surface area contributed by atoms with E-state index in [-0.39, 0.29) is 0 Å². The standard InChI is InChI=1S/C44H26N4/c45-27-29-17-23-39-38-12-2-5-13-40(38)47(44(39)25-29)33-21-18-30(19-22-33)31-20-24-34(32(26-31)28-46)35-9-1-6-14-41(35)48-42-15-7-3-10-36(42)37-11-4-8-16-43(37)48/h1-26H. The molecule has 0 N–H and O–H groups in total. The fraction of sp³-hybridized carbons (Fsp3) is 0. The molecule has 0 radical (unpaired) electrons. The first-order valence-corrected chi connectivity index (χ1v) is 15.9. The fourth-order valence-electron chi connectivity index (χ4n) is 7.25. The number of rotatable bonds is 4. The van der Waals surface area contributed by atoms with Gasteiger partial charge in [-0.25, -0.2) is 0 Å². The van der Waals surface area contributed by atoms with Crippen LogP contribution in [-0.2, 0) is 0 Å². The molecule has 7 aromatic carbocycles. The first-order chi connectivity index (χ1) is 23.7. The molecule has 4 heteroatoms. The third-order valence-corrected chi connectivity index (χ3v) is 9.42. The first kappa shape index (κ1) is 27.4. The van der Waals surface area contributed by atoms with Gasteiger partial charge >= 0.3 is 0 Å². The lowest BCUT2D eigenvalue weighted by atomic mass is 9.94. The number of nitrogens with zero attached hydrogens (tertiary/aromatic N) is 4. The van der Waals surface area contributed by atoms with E-state index in [0.717, 1.165) is 66.5 Å². The largest absolute Gasteiger partial charge is 0.309 e. The monoisotopic (exact) mass is 610 g/mol. The zero-order chi connectivity index (χ0) is 32.2. The number of para-hydroxylation sites is 4. The maximum absolute atomic E-state index is 10.4. The third-order valence-electron chi connectivity index (χ3n) is 9.42. The van der Waals surface area contributed by atoms with Crippen molar-refractivity contribution in [2.24, 2.45) is 0 Å². The van der Waals surface area contributed by atoms with Crippen molar-refractivity contribution >= 4 is 43.6 Å². The lowest BCUT2D eigenvalue weighted by Crippen LogP contribution is -1.98. The topological polar surface area (TPSA) is 57.4 Å². The molecule has 4 nitrogen and oxygen atoms in total. The maximum atomic E-state index is 10.4. The molecule has 48 heavy (non-hydrogen) atoms. The van der Waals surface area contributed by atoms with E-state index < -0.39 is 0 Å². The predicted octanol–water partition coefficient (Wildman–Crippen LogP) is 11.0. The summed E-state index contributed by atoms with van der Waals surface area (Å²) in [6.45, 7) is 0. The van der Waals surface area contributed by atoms with Crippen LogP contribution in [0.4, 0.5) is 0 Å². The van der Waals surface area contributed by atoms with Gasteiger partial charge in [-0.1, -0.05) is 103 Å². The average molecular weight is 611 g/mol. The summed E-state index contributed by atoms with van der Waals surface area (Å²) in [5.41, 5.74) is 11.6. The summed E-state index contributed by atoms with van der Waals surface area (Å²) in [5.74, 6) is 0. The van der Waals surface area contributed by atoms with Gasteiger partial charge in [-0.15, -0.1) is 0 Å². The number of nitriles is 2. The summed E-state index contributed by atoms with van der Waals surface area (Å²) < 4.78 is 4.52. The summed E-state index contributed by atoms with van der Waals surface area (Å²) in [6, 6.07) is 58.9. The van der Waals surface area contributed by atoms with Gasteiger partial charge in [0.15, 0.2) is 0 Å². The van der Waals surface area contributed by atoms with Crippen LogP contribution in [0.15, 0.2) is 158 Å². The molecule has 0 saturated carbocycles. The molecule has 9 aromatic rings. The highest BCUT2D eigenvalue weighted by Gasteiger charge is 2.18. The van der Waals surface area contributed by atoms with Crippen LogP contribution >= 0.6 is 0 Å². The highest BCUT2D eigenvalue weighted by molar-refractivity contribution is 6.10. The summed E-state index contributed by atoms with van der Waals surface area (Å²) in [5, 5.41) is 24.7. The van der Waals surface area contributed by atoms with Gasteiger partial charge in [-0.05, 0) is 65.7 Å². The SMILES string of the molecule is N#Cc1ccc2c3ccccc3n(-c3ccc(-c4ccc(-c5ccccc5-n5c6ccccc6c6ccccc65)c(C#N)c4)cc3)c2c1. The first-order valence-electron chi connectivity index (χ1n) is 15.9. The number of hydrogen-bond donors (Lipinski definition) is 0. The van der Waals surface area contributed by atoms with E-state index in [2.05, 4.69) is 137 Å². The Bertz CT molecular complexity index is 2750. The van der Waals surface area contributed by atoms with Crippen LogP contribution in [0.1, 0.15) is 11.1 Å². The number of aromatic nitrogens is 2. The van der Waals surface area contributed by atoms with E-state index in [0.29, 0.717) is 11.1 Å². The van der Waals surface area contributed by atoms with Crippen LogP contribution in [0.2, 0.25) is 0 Å². The lowest BCUT2D eigenvalue weighted by molar-refractivity contribution is 1.18. The van der Waals surface area contributed by atoms with Crippen LogP contribution in [0.3, 0.4) is 0 Å².